The fourth-order valence-corrected chi connectivity index (χ4v) is 5.13. The lowest BCUT2D eigenvalue weighted by molar-refractivity contribution is -0.127. The lowest BCUT2D eigenvalue weighted by atomic mass is 9.95. The molecule has 0 spiro atoms. The summed E-state index contributed by atoms with van der Waals surface area (Å²) in [6, 6.07) is 8.81. The molecule has 0 atom stereocenters. The molecule has 3 heterocycles. The lowest BCUT2D eigenvalue weighted by Crippen LogP contribution is -2.42. The zero-order valence-corrected chi connectivity index (χ0v) is 19.0. The van der Waals surface area contributed by atoms with Crippen LogP contribution in [0.15, 0.2) is 30.0 Å². The third-order valence-corrected chi connectivity index (χ3v) is 6.82. The number of likely N-dealkylation sites (tertiary alicyclic amines) is 1. The van der Waals surface area contributed by atoms with E-state index in [1.165, 1.54) is 37.8 Å². The largest absolute Gasteiger partial charge is 0.366 e. The van der Waals surface area contributed by atoms with Gasteiger partial charge in [-0.25, -0.2) is 0 Å². The van der Waals surface area contributed by atoms with Crippen molar-refractivity contribution in [2.24, 2.45) is 0 Å². The van der Waals surface area contributed by atoms with Gasteiger partial charge in [-0.05, 0) is 69.4 Å². The fraction of sp³-hybridized carbons (Fsp3) is 0.520. The maximum absolute atomic E-state index is 13.1. The summed E-state index contributed by atoms with van der Waals surface area (Å²) >= 11 is 0. The number of rotatable bonds is 5. The van der Waals surface area contributed by atoms with Gasteiger partial charge in [0.1, 0.15) is 17.5 Å². The van der Waals surface area contributed by atoms with Crippen molar-refractivity contribution >= 4 is 17.8 Å². The summed E-state index contributed by atoms with van der Waals surface area (Å²) in [6.07, 6.45) is 11.4. The van der Waals surface area contributed by atoms with Crippen LogP contribution in [-0.2, 0) is 4.79 Å². The molecule has 0 aromatic carbocycles. The van der Waals surface area contributed by atoms with Crippen LogP contribution in [0.5, 0.6) is 0 Å². The molecule has 7 heteroatoms. The van der Waals surface area contributed by atoms with Gasteiger partial charge in [0.05, 0.1) is 0 Å². The van der Waals surface area contributed by atoms with E-state index in [0.717, 1.165) is 29.9 Å². The highest BCUT2D eigenvalue weighted by atomic mass is 16.2. The lowest BCUT2D eigenvalue weighted by Gasteiger charge is -2.32. The summed E-state index contributed by atoms with van der Waals surface area (Å²) in [6.45, 7) is 5.48. The Kier molecular flexibility index (Phi) is 6.89. The Morgan fingerprint density at radius 2 is 1.94 bits per heavy atom. The second-order valence-electron chi connectivity index (χ2n) is 8.98. The van der Waals surface area contributed by atoms with Gasteiger partial charge in [0.2, 0.25) is 0 Å². The molecule has 2 aromatic heterocycles. The van der Waals surface area contributed by atoms with Crippen LogP contribution in [0.4, 0.5) is 5.82 Å². The summed E-state index contributed by atoms with van der Waals surface area (Å²) in [4.78, 5) is 14.9. The van der Waals surface area contributed by atoms with E-state index in [4.69, 9.17) is 0 Å². The normalized spacial score (nSPS) is 18.4. The van der Waals surface area contributed by atoms with E-state index in [1.54, 1.807) is 17.2 Å². The van der Waals surface area contributed by atoms with Crippen LogP contribution in [0.3, 0.4) is 0 Å². The molecule has 1 saturated heterocycles. The van der Waals surface area contributed by atoms with Crippen molar-refractivity contribution in [1.29, 1.82) is 5.26 Å². The van der Waals surface area contributed by atoms with E-state index >= 15 is 0 Å². The molecular weight excluding hydrogens is 400 g/mol. The number of nitrogens with one attached hydrogen (secondary N) is 1. The molecule has 2 aliphatic rings. The van der Waals surface area contributed by atoms with Gasteiger partial charge in [-0.2, -0.15) is 10.4 Å². The molecule has 32 heavy (non-hydrogen) atoms. The number of nitriles is 1. The number of piperidine rings is 1. The van der Waals surface area contributed by atoms with Gasteiger partial charge < -0.3 is 14.8 Å². The van der Waals surface area contributed by atoms with Crippen molar-refractivity contribution in [1.82, 2.24) is 19.7 Å². The number of carbonyl (C=O) groups excluding carboxylic acids is 1. The van der Waals surface area contributed by atoms with Gasteiger partial charge in [0.25, 0.3) is 5.91 Å². The first kappa shape index (κ1) is 22.1. The first-order chi connectivity index (χ1) is 15.6. The zero-order chi connectivity index (χ0) is 22.5. The number of hydrogen-bond acceptors (Lipinski definition) is 5. The Morgan fingerprint density at radius 3 is 2.59 bits per heavy atom. The summed E-state index contributed by atoms with van der Waals surface area (Å²) < 4.78 is 2.41. The van der Waals surface area contributed by atoms with Crippen molar-refractivity contribution in [2.45, 2.75) is 70.9 Å². The molecule has 0 radical (unpaired) electrons. The van der Waals surface area contributed by atoms with Gasteiger partial charge in [-0.15, -0.1) is 5.10 Å². The van der Waals surface area contributed by atoms with Crippen LogP contribution < -0.4 is 5.32 Å². The van der Waals surface area contributed by atoms with E-state index in [-0.39, 0.29) is 17.5 Å². The minimum Gasteiger partial charge on any atom is -0.366 e. The minimum absolute atomic E-state index is 0.173. The number of aromatic nitrogens is 3. The van der Waals surface area contributed by atoms with Crippen LogP contribution in [-0.4, -0.2) is 44.7 Å². The Bertz CT molecular complexity index is 1010. The van der Waals surface area contributed by atoms with Crippen LogP contribution in [0.25, 0.3) is 6.08 Å². The van der Waals surface area contributed by atoms with Gasteiger partial charge in [0, 0.05) is 42.8 Å². The quantitative estimate of drug-likeness (QED) is 0.559. The zero-order valence-electron chi connectivity index (χ0n) is 19.0. The first-order valence-electron chi connectivity index (χ1n) is 11.7. The van der Waals surface area contributed by atoms with E-state index in [1.807, 2.05) is 12.1 Å². The third kappa shape index (κ3) is 4.85. The average molecular weight is 433 g/mol. The predicted molar refractivity (Wildman–Crippen MR) is 125 cm³/mol. The van der Waals surface area contributed by atoms with E-state index in [0.29, 0.717) is 19.1 Å². The average Bonchev–Trinajstić information content (AvgIpc) is 3.11. The highest BCUT2D eigenvalue weighted by molar-refractivity contribution is 6.01. The number of amides is 1. The molecule has 168 valence electrons. The molecule has 1 saturated carbocycles. The molecule has 1 N–H and O–H groups in total. The maximum atomic E-state index is 13.1. The molecule has 1 aliphatic carbocycles. The number of carbonyl (C=O) groups is 1. The Labute approximate surface area is 190 Å². The second-order valence-corrected chi connectivity index (χ2v) is 8.98. The van der Waals surface area contributed by atoms with Gasteiger partial charge >= 0.3 is 0 Å². The summed E-state index contributed by atoms with van der Waals surface area (Å²) in [5, 5.41) is 21.1. The smallest absolute Gasteiger partial charge is 0.264 e. The molecule has 7 nitrogen and oxygen atoms in total. The number of anilines is 1. The van der Waals surface area contributed by atoms with Crippen molar-refractivity contribution in [3.63, 3.8) is 0 Å². The molecular formula is C25H32N6O. The van der Waals surface area contributed by atoms with Crippen LogP contribution in [0.1, 0.15) is 67.9 Å². The van der Waals surface area contributed by atoms with Crippen molar-refractivity contribution in [2.75, 3.05) is 18.4 Å². The molecule has 1 amide bonds. The molecule has 2 fully saturated rings. The maximum Gasteiger partial charge on any atom is 0.264 e. The molecule has 2 aromatic rings. The van der Waals surface area contributed by atoms with Crippen LogP contribution in [0.2, 0.25) is 0 Å². The van der Waals surface area contributed by atoms with Gasteiger partial charge in [-0.1, -0.05) is 19.3 Å². The fourth-order valence-electron chi connectivity index (χ4n) is 5.13. The van der Waals surface area contributed by atoms with Crippen LogP contribution >= 0.6 is 0 Å². The minimum atomic E-state index is -0.173. The Balaban J connectivity index is 1.43. The topological polar surface area (TPSA) is 86.8 Å². The standard InChI is InChI=1S/C25H32N6O/c1-18-15-20(19(2)31(18)23-7-4-3-5-8-23)16-21(17-26)25(32)30-13-10-22(11-14-30)28-24-9-6-12-27-29-24/h6,9,12,15-16,22-23H,3-5,7-8,10-11,13-14H2,1-2H3,(H,28,29)/b21-16-. The van der Waals surface area contributed by atoms with E-state index < -0.39 is 0 Å². The van der Waals surface area contributed by atoms with Gasteiger partial charge in [-0.3, -0.25) is 4.79 Å². The number of hydrogen-bond donors (Lipinski definition) is 1. The second kappa shape index (κ2) is 9.99. The Morgan fingerprint density at radius 1 is 1.19 bits per heavy atom. The van der Waals surface area contributed by atoms with Crippen molar-refractivity contribution in [3.05, 3.63) is 46.9 Å². The first-order valence-corrected chi connectivity index (χ1v) is 11.7. The summed E-state index contributed by atoms with van der Waals surface area (Å²) in [5.41, 5.74) is 3.56. The number of nitrogens with zero attached hydrogens (tertiary/aromatic N) is 5. The molecule has 0 unspecified atom stereocenters. The molecule has 1 aliphatic heterocycles. The monoisotopic (exact) mass is 432 g/mol. The van der Waals surface area contributed by atoms with Crippen LogP contribution in [0, 0.1) is 25.2 Å². The SMILES string of the molecule is Cc1cc(/C=C(/C#N)C(=O)N2CCC(Nc3cccnn3)CC2)c(C)n1C1CCCCC1. The van der Waals surface area contributed by atoms with Crippen molar-refractivity contribution < 1.29 is 4.79 Å². The predicted octanol–water partition coefficient (Wildman–Crippen LogP) is 4.41. The molecule has 4 rings (SSSR count). The summed E-state index contributed by atoms with van der Waals surface area (Å²) in [7, 11) is 0. The van der Waals surface area contributed by atoms with Gasteiger partial charge in [0.15, 0.2) is 0 Å². The van der Waals surface area contributed by atoms with E-state index in [9.17, 15) is 10.1 Å². The van der Waals surface area contributed by atoms with E-state index in [2.05, 4.69) is 46.1 Å². The highest BCUT2D eigenvalue weighted by Crippen LogP contribution is 2.32. The van der Waals surface area contributed by atoms with Crippen molar-refractivity contribution in [3.8, 4) is 6.07 Å². The third-order valence-electron chi connectivity index (χ3n) is 6.82. The molecule has 0 bridgehead atoms. The number of aryl methyl sites for hydroxylation is 1. The Hall–Kier alpha value is -3.14. The summed E-state index contributed by atoms with van der Waals surface area (Å²) in [5.74, 6) is 0.580. The highest BCUT2D eigenvalue weighted by Gasteiger charge is 2.26.